The van der Waals surface area contributed by atoms with Gasteiger partial charge in [-0.1, -0.05) is 170 Å². The highest BCUT2D eigenvalue weighted by molar-refractivity contribution is 6.31. The maximum absolute atomic E-state index is 2.38. The SMILES string of the molecule is c1ccc(-c2c3ccccc3c(-c3ccc4c5ccccc5c5ccccc5c4c3-c3ccccc3)c3ccccc23)cc1. The zero-order valence-corrected chi connectivity index (χ0v) is 24.2. The van der Waals surface area contributed by atoms with Crippen molar-refractivity contribution < 1.29 is 0 Å². The number of fused-ring (bicyclic) bond motifs is 8. The molecule has 44 heavy (non-hydrogen) atoms. The topological polar surface area (TPSA) is 0 Å². The van der Waals surface area contributed by atoms with Gasteiger partial charge in [-0.25, -0.2) is 0 Å². The molecule has 0 aromatic heterocycles. The molecule has 0 bridgehead atoms. The van der Waals surface area contributed by atoms with Crippen LogP contribution in [-0.4, -0.2) is 0 Å². The van der Waals surface area contributed by atoms with Crippen molar-refractivity contribution in [1.29, 1.82) is 0 Å². The van der Waals surface area contributed by atoms with E-state index < -0.39 is 0 Å². The minimum absolute atomic E-state index is 1.23. The van der Waals surface area contributed by atoms with Crippen LogP contribution in [0.3, 0.4) is 0 Å². The van der Waals surface area contributed by atoms with Crippen LogP contribution in [0.5, 0.6) is 0 Å². The van der Waals surface area contributed by atoms with Crippen LogP contribution in [0.4, 0.5) is 0 Å². The second-order valence-electron chi connectivity index (χ2n) is 11.6. The molecule has 0 heterocycles. The zero-order valence-electron chi connectivity index (χ0n) is 24.2. The Morgan fingerprint density at radius 1 is 0.205 bits per heavy atom. The zero-order chi connectivity index (χ0) is 29.0. The summed E-state index contributed by atoms with van der Waals surface area (Å²) in [7, 11) is 0. The van der Waals surface area contributed by atoms with E-state index in [0.717, 1.165) is 0 Å². The molecule has 204 valence electrons. The van der Waals surface area contributed by atoms with E-state index in [1.807, 2.05) is 0 Å². The first-order valence-corrected chi connectivity index (χ1v) is 15.3. The van der Waals surface area contributed by atoms with Crippen LogP contribution >= 0.6 is 0 Å². The second kappa shape index (κ2) is 9.93. The lowest BCUT2D eigenvalue weighted by Gasteiger charge is -2.22. The second-order valence-corrected chi connectivity index (χ2v) is 11.6. The van der Waals surface area contributed by atoms with Crippen molar-refractivity contribution >= 4 is 53.9 Å². The lowest BCUT2D eigenvalue weighted by molar-refractivity contribution is 1.64. The third-order valence-electron chi connectivity index (χ3n) is 9.23. The van der Waals surface area contributed by atoms with Gasteiger partial charge in [0.15, 0.2) is 0 Å². The molecule has 0 unspecified atom stereocenters. The van der Waals surface area contributed by atoms with Crippen molar-refractivity contribution in [3.05, 3.63) is 170 Å². The molecule has 0 spiro atoms. The van der Waals surface area contributed by atoms with Gasteiger partial charge in [0.2, 0.25) is 0 Å². The highest BCUT2D eigenvalue weighted by Crippen LogP contribution is 2.49. The average molecular weight is 557 g/mol. The normalized spacial score (nSPS) is 11.6. The standard InChI is InChI=1S/C44H28/c1-3-15-29(16-4-1)41-35-23-11-13-25-37(35)43(38-26-14-12-24-36(38)41)40-28-27-39-33-21-8-7-19-31(33)32-20-9-10-22-34(32)44(39)42(40)30-17-5-2-6-18-30/h1-28H. The van der Waals surface area contributed by atoms with E-state index in [-0.39, 0.29) is 0 Å². The molecule has 9 aromatic carbocycles. The first-order valence-electron chi connectivity index (χ1n) is 15.3. The molecule has 9 aromatic rings. The van der Waals surface area contributed by atoms with Crippen molar-refractivity contribution in [2.75, 3.05) is 0 Å². The van der Waals surface area contributed by atoms with Gasteiger partial charge in [-0.2, -0.15) is 0 Å². The third kappa shape index (κ3) is 3.65. The van der Waals surface area contributed by atoms with E-state index in [2.05, 4.69) is 170 Å². The summed E-state index contributed by atoms with van der Waals surface area (Å²) in [6.07, 6.45) is 0. The minimum Gasteiger partial charge on any atom is -0.0622 e. The monoisotopic (exact) mass is 556 g/mol. The molecule has 0 N–H and O–H groups in total. The van der Waals surface area contributed by atoms with Gasteiger partial charge < -0.3 is 0 Å². The summed E-state index contributed by atoms with van der Waals surface area (Å²) in [5.41, 5.74) is 7.59. The number of benzene rings is 9. The molecular formula is C44H28. The van der Waals surface area contributed by atoms with E-state index in [0.29, 0.717) is 0 Å². The Morgan fingerprint density at radius 3 is 1.05 bits per heavy atom. The molecule has 9 rings (SSSR count). The minimum atomic E-state index is 1.23. The van der Waals surface area contributed by atoms with E-state index in [9.17, 15) is 0 Å². The largest absolute Gasteiger partial charge is 0.0622 e. The van der Waals surface area contributed by atoms with E-state index in [4.69, 9.17) is 0 Å². The molecule has 0 fully saturated rings. The van der Waals surface area contributed by atoms with Crippen molar-refractivity contribution in [1.82, 2.24) is 0 Å². The Bertz CT molecular complexity index is 2430. The summed E-state index contributed by atoms with van der Waals surface area (Å²) in [6, 6.07) is 62.2. The first-order chi connectivity index (χ1) is 21.9. The Morgan fingerprint density at radius 2 is 0.545 bits per heavy atom. The van der Waals surface area contributed by atoms with Crippen LogP contribution in [0.25, 0.3) is 87.2 Å². The molecule has 0 atom stereocenters. The van der Waals surface area contributed by atoms with Crippen LogP contribution < -0.4 is 0 Å². The molecule has 0 aliphatic carbocycles. The molecule has 0 heteroatoms. The van der Waals surface area contributed by atoms with Crippen molar-refractivity contribution in [3.63, 3.8) is 0 Å². The first kappa shape index (κ1) is 24.8. The molecule has 0 aliphatic heterocycles. The Balaban J connectivity index is 1.53. The smallest absolute Gasteiger partial charge is 0.00141 e. The maximum atomic E-state index is 2.38. The molecule has 0 saturated carbocycles. The summed E-state index contributed by atoms with van der Waals surface area (Å²) in [6.45, 7) is 0. The van der Waals surface area contributed by atoms with E-state index >= 15 is 0 Å². The van der Waals surface area contributed by atoms with Gasteiger partial charge in [0, 0.05) is 0 Å². The summed E-state index contributed by atoms with van der Waals surface area (Å²) in [4.78, 5) is 0. The predicted molar refractivity (Wildman–Crippen MR) is 190 cm³/mol. The van der Waals surface area contributed by atoms with Gasteiger partial charge in [0.1, 0.15) is 0 Å². The van der Waals surface area contributed by atoms with Crippen LogP contribution in [0, 0.1) is 0 Å². The van der Waals surface area contributed by atoms with Crippen molar-refractivity contribution in [2.45, 2.75) is 0 Å². The molecule has 0 aliphatic rings. The van der Waals surface area contributed by atoms with Gasteiger partial charge in [-0.05, 0) is 87.2 Å². The summed E-state index contributed by atoms with van der Waals surface area (Å²) >= 11 is 0. The summed E-state index contributed by atoms with van der Waals surface area (Å²) < 4.78 is 0. The molecular weight excluding hydrogens is 528 g/mol. The highest BCUT2D eigenvalue weighted by atomic mass is 14.2. The number of hydrogen-bond acceptors (Lipinski definition) is 0. The quantitative estimate of drug-likeness (QED) is 0.150. The van der Waals surface area contributed by atoms with Crippen LogP contribution in [0.15, 0.2) is 170 Å². The number of rotatable bonds is 3. The van der Waals surface area contributed by atoms with E-state index in [1.165, 1.54) is 87.2 Å². The lowest BCUT2D eigenvalue weighted by atomic mass is 9.81. The van der Waals surface area contributed by atoms with Gasteiger partial charge in [0.25, 0.3) is 0 Å². The van der Waals surface area contributed by atoms with Gasteiger partial charge >= 0.3 is 0 Å². The molecule has 0 amide bonds. The molecule has 0 nitrogen and oxygen atoms in total. The van der Waals surface area contributed by atoms with Crippen LogP contribution in [0.2, 0.25) is 0 Å². The van der Waals surface area contributed by atoms with Crippen LogP contribution in [-0.2, 0) is 0 Å². The highest BCUT2D eigenvalue weighted by Gasteiger charge is 2.22. The van der Waals surface area contributed by atoms with Gasteiger partial charge in [-0.15, -0.1) is 0 Å². The van der Waals surface area contributed by atoms with Gasteiger partial charge in [0.05, 0.1) is 0 Å². The average Bonchev–Trinajstić information content (AvgIpc) is 3.11. The fourth-order valence-electron chi connectivity index (χ4n) is 7.44. The molecule has 0 radical (unpaired) electrons. The maximum Gasteiger partial charge on any atom is -0.00141 e. The number of hydrogen-bond donors (Lipinski definition) is 0. The fourth-order valence-corrected chi connectivity index (χ4v) is 7.44. The van der Waals surface area contributed by atoms with E-state index in [1.54, 1.807) is 0 Å². The Kier molecular flexibility index (Phi) is 5.61. The Labute approximate surface area is 256 Å². The summed E-state index contributed by atoms with van der Waals surface area (Å²) in [5, 5.41) is 12.8. The summed E-state index contributed by atoms with van der Waals surface area (Å²) in [5.74, 6) is 0. The van der Waals surface area contributed by atoms with Gasteiger partial charge in [-0.3, -0.25) is 0 Å². The van der Waals surface area contributed by atoms with Crippen LogP contribution in [0.1, 0.15) is 0 Å². The Hall–Kier alpha value is -5.72. The lowest BCUT2D eigenvalue weighted by Crippen LogP contribution is -1.94. The third-order valence-corrected chi connectivity index (χ3v) is 9.23. The van der Waals surface area contributed by atoms with Crippen molar-refractivity contribution in [3.8, 4) is 33.4 Å². The fraction of sp³-hybridized carbons (Fsp3) is 0. The molecule has 0 saturated heterocycles. The predicted octanol–water partition coefficient (Wildman–Crippen LogP) is 12.5. The van der Waals surface area contributed by atoms with Crippen molar-refractivity contribution in [2.24, 2.45) is 0 Å².